The second-order valence-electron chi connectivity index (χ2n) is 6.86. The van der Waals surface area contributed by atoms with Gasteiger partial charge in [-0.1, -0.05) is 6.07 Å². The van der Waals surface area contributed by atoms with Gasteiger partial charge in [-0.05, 0) is 44.9 Å². The maximum absolute atomic E-state index is 12.5. The van der Waals surface area contributed by atoms with Crippen LogP contribution in [-0.2, 0) is 16.1 Å². The fourth-order valence-electron chi connectivity index (χ4n) is 3.14. The van der Waals surface area contributed by atoms with E-state index in [0.717, 1.165) is 35.5 Å². The third-order valence-corrected chi connectivity index (χ3v) is 5.70. The molecule has 0 spiro atoms. The van der Waals surface area contributed by atoms with Crippen LogP contribution in [-0.4, -0.2) is 46.3 Å². The van der Waals surface area contributed by atoms with E-state index in [0.29, 0.717) is 18.2 Å². The van der Waals surface area contributed by atoms with E-state index in [1.807, 2.05) is 30.9 Å². The van der Waals surface area contributed by atoms with Crippen molar-refractivity contribution in [2.24, 2.45) is 5.92 Å². The van der Waals surface area contributed by atoms with Gasteiger partial charge in [-0.15, -0.1) is 11.3 Å². The van der Waals surface area contributed by atoms with Crippen LogP contribution >= 0.6 is 11.3 Å². The highest BCUT2D eigenvalue weighted by atomic mass is 32.1. The molecule has 1 atom stereocenters. The van der Waals surface area contributed by atoms with Crippen molar-refractivity contribution in [2.45, 2.75) is 33.2 Å². The lowest BCUT2D eigenvalue weighted by Crippen LogP contribution is -2.45. The van der Waals surface area contributed by atoms with Crippen LogP contribution in [0.25, 0.3) is 0 Å². The molecule has 0 radical (unpaired) electrons. The van der Waals surface area contributed by atoms with Crippen LogP contribution in [0.15, 0.2) is 24.5 Å². The molecule has 1 fully saturated rings. The molecule has 0 aliphatic carbocycles. The Morgan fingerprint density at radius 1 is 1.37 bits per heavy atom. The third-order valence-electron chi connectivity index (χ3n) is 4.71. The van der Waals surface area contributed by atoms with E-state index in [9.17, 15) is 9.59 Å². The molecule has 2 aromatic heterocycles. The van der Waals surface area contributed by atoms with Crippen LogP contribution in [0.1, 0.15) is 29.0 Å². The number of pyridine rings is 1. The Bertz CT molecular complexity index is 773. The Labute approximate surface area is 163 Å². The molecular formula is C19H25N5O2S. The number of thiazole rings is 1. The fourth-order valence-corrected chi connectivity index (χ4v) is 3.97. The average Bonchev–Trinajstić information content (AvgIpc) is 2.97. The fraction of sp³-hybridized carbons (Fsp3) is 0.474. The Morgan fingerprint density at radius 2 is 2.22 bits per heavy atom. The minimum atomic E-state index is -0.0902. The first-order chi connectivity index (χ1) is 13.0. The standard InChI is InChI=1S/C19H25N5O2S/c1-13-14(2)27-19(22-13)23-17(25)12-24-8-4-6-16(11-24)18(26)21-10-15-5-3-7-20-9-15/h3,5,7,9,16H,4,6,8,10-12H2,1-2H3,(H,21,26)(H,22,23,25). The first kappa shape index (κ1) is 19.4. The predicted molar refractivity (Wildman–Crippen MR) is 105 cm³/mol. The summed E-state index contributed by atoms with van der Waals surface area (Å²) < 4.78 is 0. The van der Waals surface area contributed by atoms with E-state index < -0.39 is 0 Å². The monoisotopic (exact) mass is 387 g/mol. The Kier molecular flexibility index (Phi) is 6.52. The van der Waals surface area contributed by atoms with Crippen molar-refractivity contribution in [3.8, 4) is 0 Å². The van der Waals surface area contributed by atoms with Gasteiger partial charge in [0.2, 0.25) is 11.8 Å². The van der Waals surface area contributed by atoms with Crippen molar-refractivity contribution in [3.05, 3.63) is 40.7 Å². The minimum absolute atomic E-state index is 0.0372. The van der Waals surface area contributed by atoms with Crippen LogP contribution in [0.5, 0.6) is 0 Å². The van der Waals surface area contributed by atoms with Gasteiger partial charge in [-0.3, -0.25) is 19.5 Å². The zero-order valence-electron chi connectivity index (χ0n) is 15.7. The van der Waals surface area contributed by atoms with E-state index >= 15 is 0 Å². The first-order valence-electron chi connectivity index (χ1n) is 9.14. The van der Waals surface area contributed by atoms with Gasteiger partial charge in [0.05, 0.1) is 18.2 Å². The zero-order valence-corrected chi connectivity index (χ0v) is 16.5. The zero-order chi connectivity index (χ0) is 19.2. The van der Waals surface area contributed by atoms with Gasteiger partial charge in [-0.2, -0.15) is 0 Å². The van der Waals surface area contributed by atoms with Gasteiger partial charge < -0.3 is 10.6 Å². The van der Waals surface area contributed by atoms with Gasteiger partial charge in [0.1, 0.15) is 0 Å². The predicted octanol–water partition coefficient (Wildman–Crippen LogP) is 2.12. The van der Waals surface area contributed by atoms with Gasteiger partial charge in [0.15, 0.2) is 5.13 Å². The van der Waals surface area contributed by atoms with E-state index in [4.69, 9.17) is 0 Å². The lowest BCUT2D eigenvalue weighted by Gasteiger charge is -2.31. The smallest absolute Gasteiger partial charge is 0.240 e. The molecule has 1 unspecified atom stereocenters. The van der Waals surface area contributed by atoms with Crippen molar-refractivity contribution in [3.63, 3.8) is 0 Å². The molecule has 1 saturated heterocycles. The summed E-state index contributed by atoms with van der Waals surface area (Å²) in [7, 11) is 0. The first-order valence-corrected chi connectivity index (χ1v) is 9.96. The summed E-state index contributed by atoms with van der Waals surface area (Å²) in [5.74, 6) is -0.136. The lowest BCUT2D eigenvalue weighted by molar-refractivity contribution is -0.128. The second kappa shape index (κ2) is 9.05. The molecule has 144 valence electrons. The second-order valence-corrected chi connectivity index (χ2v) is 8.07. The molecule has 3 rings (SSSR count). The van der Waals surface area contributed by atoms with Crippen LogP contribution in [0, 0.1) is 19.8 Å². The quantitative estimate of drug-likeness (QED) is 0.793. The number of carbonyl (C=O) groups excluding carboxylic acids is 2. The number of aryl methyl sites for hydroxylation is 2. The lowest BCUT2D eigenvalue weighted by atomic mass is 9.97. The number of carbonyl (C=O) groups is 2. The molecule has 1 aliphatic rings. The Hall–Kier alpha value is -2.32. The van der Waals surface area contributed by atoms with Crippen LogP contribution < -0.4 is 10.6 Å². The summed E-state index contributed by atoms with van der Waals surface area (Å²) in [6.45, 7) is 6.11. The summed E-state index contributed by atoms with van der Waals surface area (Å²) in [5.41, 5.74) is 1.92. The Balaban J connectivity index is 1.46. The molecule has 27 heavy (non-hydrogen) atoms. The average molecular weight is 388 g/mol. The molecule has 0 aromatic carbocycles. The van der Waals surface area contributed by atoms with Gasteiger partial charge in [-0.25, -0.2) is 4.98 Å². The van der Waals surface area contributed by atoms with Crippen molar-refractivity contribution >= 4 is 28.3 Å². The van der Waals surface area contributed by atoms with E-state index in [-0.39, 0.29) is 24.3 Å². The highest BCUT2D eigenvalue weighted by molar-refractivity contribution is 7.15. The number of anilines is 1. The molecule has 2 amide bonds. The van der Waals surface area contributed by atoms with E-state index in [2.05, 4.69) is 20.6 Å². The molecule has 7 nitrogen and oxygen atoms in total. The number of aromatic nitrogens is 2. The third kappa shape index (κ3) is 5.58. The normalized spacial score (nSPS) is 17.5. The molecule has 2 N–H and O–H groups in total. The summed E-state index contributed by atoms with van der Waals surface area (Å²) in [6.07, 6.45) is 5.22. The van der Waals surface area contributed by atoms with Crippen LogP contribution in [0.4, 0.5) is 5.13 Å². The van der Waals surface area contributed by atoms with Crippen molar-refractivity contribution in [2.75, 3.05) is 25.0 Å². The summed E-state index contributed by atoms with van der Waals surface area (Å²) in [5, 5.41) is 6.47. The molecule has 2 aromatic rings. The minimum Gasteiger partial charge on any atom is -0.352 e. The number of hydrogen-bond acceptors (Lipinski definition) is 6. The number of amides is 2. The molecule has 8 heteroatoms. The highest BCUT2D eigenvalue weighted by Crippen LogP contribution is 2.21. The molecule has 0 bridgehead atoms. The maximum Gasteiger partial charge on any atom is 0.240 e. The number of hydrogen-bond donors (Lipinski definition) is 2. The van der Waals surface area contributed by atoms with E-state index in [1.54, 1.807) is 12.4 Å². The number of rotatable bonds is 6. The van der Waals surface area contributed by atoms with E-state index in [1.165, 1.54) is 11.3 Å². The number of nitrogens with zero attached hydrogens (tertiary/aromatic N) is 3. The molecule has 0 saturated carbocycles. The number of nitrogens with one attached hydrogen (secondary N) is 2. The summed E-state index contributed by atoms with van der Waals surface area (Å²) in [4.78, 5) is 36.3. The number of likely N-dealkylation sites (tertiary alicyclic amines) is 1. The van der Waals surface area contributed by atoms with Crippen molar-refractivity contribution in [1.82, 2.24) is 20.2 Å². The highest BCUT2D eigenvalue weighted by Gasteiger charge is 2.26. The van der Waals surface area contributed by atoms with Crippen LogP contribution in [0.2, 0.25) is 0 Å². The number of piperidine rings is 1. The maximum atomic E-state index is 12.5. The van der Waals surface area contributed by atoms with Crippen LogP contribution in [0.3, 0.4) is 0 Å². The summed E-state index contributed by atoms with van der Waals surface area (Å²) in [6, 6.07) is 3.79. The SMILES string of the molecule is Cc1nc(NC(=O)CN2CCCC(C(=O)NCc3cccnc3)C2)sc1C. The topological polar surface area (TPSA) is 87.2 Å². The van der Waals surface area contributed by atoms with Crippen molar-refractivity contribution < 1.29 is 9.59 Å². The van der Waals surface area contributed by atoms with Gasteiger partial charge in [0, 0.05) is 30.4 Å². The molecule has 3 heterocycles. The van der Waals surface area contributed by atoms with Gasteiger partial charge >= 0.3 is 0 Å². The molecular weight excluding hydrogens is 362 g/mol. The largest absolute Gasteiger partial charge is 0.352 e. The van der Waals surface area contributed by atoms with Gasteiger partial charge in [0.25, 0.3) is 0 Å². The molecule has 1 aliphatic heterocycles. The van der Waals surface area contributed by atoms with Crippen molar-refractivity contribution in [1.29, 1.82) is 0 Å². The Morgan fingerprint density at radius 3 is 2.93 bits per heavy atom. The summed E-state index contributed by atoms with van der Waals surface area (Å²) >= 11 is 1.48.